The van der Waals surface area contributed by atoms with Crippen molar-refractivity contribution in [1.82, 2.24) is 0 Å². The van der Waals surface area contributed by atoms with Crippen LogP contribution < -0.4 is 10.6 Å². The number of halogens is 2. The van der Waals surface area contributed by atoms with Crippen LogP contribution in [0.4, 0.5) is 5.69 Å². The van der Waals surface area contributed by atoms with Crippen molar-refractivity contribution in [3.63, 3.8) is 0 Å². The maximum atomic E-state index is 12.0. The van der Waals surface area contributed by atoms with E-state index in [0.717, 1.165) is 43.5 Å². The van der Waals surface area contributed by atoms with Crippen molar-refractivity contribution in [2.75, 3.05) is 18.5 Å². The van der Waals surface area contributed by atoms with Crippen LogP contribution in [0.3, 0.4) is 0 Å². The minimum absolute atomic E-state index is 0. The Morgan fingerprint density at radius 2 is 1.90 bits per heavy atom. The van der Waals surface area contributed by atoms with Crippen molar-refractivity contribution in [2.24, 2.45) is 5.73 Å². The molecule has 20 heavy (non-hydrogen) atoms. The number of carbonyl (C=O) groups is 1. The van der Waals surface area contributed by atoms with Gasteiger partial charge in [0.05, 0.1) is 0 Å². The summed E-state index contributed by atoms with van der Waals surface area (Å²) in [6, 6.07) is 5.69. The second-order valence-corrected chi connectivity index (χ2v) is 5.25. The predicted octanol–water partition coefficient (Wildman–Crippen LogP) is 3.94. The molecule has 0 saturated carbocycles. The highest BCUT2D eigenvalue weighted by Crippen LogP contribution is 2.23. The summed E-state index contributed by atoms with van der Waals surface area (Å²) in [6.45, 7) is 2.68. The fourth-order valence-electron chi connectivity index (χ4n) is 1.88. The molecule has 1 aromatic rings. The fourth-order valence-corrected chi connectivity index (χ4v) is 2.05. The lowest BCUT2D eigenvalue weighted by molar-refractivity contribution is -0.118. The number of anilines is 1. The lowest BCUT2D eigenvalue weighted by Gasteiger charge is -2.18. The molecule has 0 heterocycles. The van der Waals surface area contributed by atoms with Crippen LogP contribution in [0.5, 0.6) is 0 Å². The third kappa shape index (κ3) is 6.12. The van der Waals surface area contributed by atoms with E-state index in [1.54, 1.807) is 11.9 Å². The van der Waals surface area contributed by atoms with Gasteiger partial charge in [-0.1, -0.05) is 30.5 Å². The van der Waals surface area contributed by atoms with Crippen molar-refractivity contribution >= 4 is 35.6 Å². The molecule has 0 unspecified atom stereocenters. The minimum atomic E-state index is 0. The van der Waals surface area contributed by atoms with Gasteiger partial charge in [0.25, 0.3) is 0 Å². The van der Waals surface area contributed by atoms with E-state index in [4.69, 9.17) is 17.3 Å². The average Bonchev–Trinajstić information content (AvgIpc) is 2.40. The molecule has 0 bridgehead atoms. The van der Waals surface area contributed by atoms with Gasteiger partial charge in [-0.15, -0.1) is 12.4 Å². The van der Waals surface area contributed by atoms with E-state index in [1.807, 2.05) is 25.1 Å². The molecule has 0 aliphatic heterocycles. The average molecular weight is 319 g/mol. The first-order valence-corrected chi connectivity index (χ1v) is 7.17. The Morgan fingerprint density at radius 1 is 1.25 bits per heavy atom. The fraction of sp³-hybridized carbons (Fsp3) is 0.533. The Kier molecular flexibility index (Phi) is 9.64. The molecule has 0 spiro atoms. The Labute approximate surface area is 132 Å². The van der Waals surface area contributed by atoms with Gasteiger partial charge >= 0.3 is 0 Å². The van der Waals surface area contributed by atoms with E-state index in [2.05, 4.69) is 0 Å². The Bertz CT molecular complexity index is 424. The van der Waals surface area contributed by atoms with Gasteiger partial charge in [-0.3, -0.25) is 4.79 Å². The zero-order valence-corrected chi connectivity index (χ0v) is 13.8. The number of nitrogens with two attached hydrogens (primary N) is 1. The van der Waals surface area contributed by atoms with Crippen LogP contribution in [0.1, 0.15) is 37.7 Å². The Morgan fingerprint density at radius 3 is 2.50 bits per heavy atom. The van der Waals surface area contributed by atoms with Crippen molar-refractivity contribution in [1.29, 1.82) is 0 Å². The maximum absolute atomic E-state index is 12.0. The number of aryl methyl sites for hydroxylation is 1. The number of carbonyl (C=O) groups excluding carboxylic acids is 1. The molecule has 2 N–H and O–H groups in total. The number of hydrogen-bond donors (Lipinski definition) is 1. The molecule has 114 valence electrons. The molecule has 0 fully saturated rings. The van der Waals surface area contributed by atoms with E-state index in [9.17, 15) is 4.79 Å². The van der Waals surface area contributed by atoms with E-state index in [0.29, 0.717) is 11.4 Å². The number of benzene rings is 1. The Hall–Kier alpha value is -0.770. The van der Waals surface area contributed by atoms with Crippen molar-refractivity contribution in [3.8, 4) is 0 Å². The largest absolute Gasteiger partial charge is 0.330 e. The lowest BCUT2D eigenvalue weighted by atomic mass is 10.1. The van der Waals surface area contributed by atoms with Crippen LogP contribution in [0, 0.1) is 6.92 Å². The molecular weight excluding hydrogens is 295 g/mol. The number of unbranched alkanes of at least 4 members (excludes halogenated alkanes) is 3. The summed E-state index contributed by atoms with van der Waals surface area (Å²) < 4.78 is 0. The molecule has 1 amide bonds. The van der Waals surface area contributed by atoms with E-state index in [1.165, 1.54) is 0 Å². The highest BCUT2D eigenvalue weighted by Gasteiger charge is 2.11. The lowest BCUT2D eigenvalue weighted by Crippen LogP contribution is -2.25. The molecule has 3 nitrogen and oxygen atoms in total. The van der Waals surface area contributed by atoms with Crippen LogP contribution in [-0.2, 0) is 4.79 Å². The monoisotopic (exact) mass is 318 g/mol. The molecule has 0 atom stereocenters. The number of rotatable bonds is 7. The highest BCUT2D eigenvalue weighted by molar-refractivity contribution is 6.31. The van der Waals surface area contributed by atoms with Crippen molar-refractivity contribution < 1.29 is 4.79 Å². The molecule has 0 saturated heterocycles. The maximum Gasteiger partial charge on any atom is 0.226 e. The van der Waals surface area contributed by atoms with Gasteiger partial charge in [0.2, 0.25) is 5.91 Å². The van der Waals surface area contributed by atoms with Crippen LogP contribution in [-0.4, -0.2) is 19.5 Å². The third-order valence-corrected chi connectivity index (χ3v) is 3.67. The molecule has 1 rings (SSSR count). The molecule has 1 aromatic carbocycles. The molecule has 0 aromatic heterocycles. The van der Waals surface area contributed by atoms with Crippen LogP contribution in [0.25, 0.3) is 0 Å². The number of amides is 1. The summed E-state index contributed by atoms with van der Waals surface area (Å²) >= 11 is 6.07. The summed E-state index contributed by atoms with van der Waals surface area (Å²) in [5, 5.41) is 0.695. The molecule has 0 aliphatic carbocycles. The smallest absolute Gasteiger partial charge is 0.226 e. The van der Waals surface area contributed by atoms with Crippen LogP contribution in [0.15, 0.2) is 18.2 Å². The molecular formula is C15H24Cl2N2O. The zero-order valence-electron chi connectivity index (χ0n) is 12.2. The van der Waals surface area contributed by atoms with Gasteiger partial charge in [-0.2, -0.15) is 0 Å². The first-order chi connectivity index (χ1) is 9.06. The first kappa shape index (κ1) is 19.2. The van der Waals surface area contributed by atoms with Crippen LogP contribution in [0.2, 0.25) is 5.02 Å². The minimum Gasteiger partial charge on any atom is -0.330 e. The summed E-state index contributed by atoms with van der Waals surface area (Å²) in [5.74, 6) is 0.132. The summed E-state index contributed by atoms with van der Waals surface area (Å²) in [5.41, 5.74) is 7.30. The predicted molar refractivity (Wildman–Crippen MR) is 89.0 cm³/mol. The SMILES string of the molecule is Cc1ccc(N(C)C(=O)CCCCCCN)cc1Cl.Cl. The van der Waals surface area contributed by atoms with E-state index in [-0.39, 0.29) is 18.3 Å². The van der Waals surface area contributed by atoms with Gasteiger partial charge in [0.15, 0.2) is 0 Å². The number of hydrogen-bond acceptors (Lipinski definition) is 2. The normalized spacial score (nSPS) is 10.0. The first-order valence-electron chi connectivity index (χ1n) is 6.79. The van der Waals surface area contributed by atoms with Gasteiger partial charge < -0.3 is 10.6 Å². The Balaban J connectivity index is 0.00000361. The number of nitrogens with zero attached hydrogens (tertiary/aromatic N) is 1. The standard InChI is InChI=1S/C15H23ClN2O.ClH/c1-12-8-9-13(11-14(12)16)18(2)15(19)7-5-3-4-6-10-17;/h8-9,11H,3-7,10,17H2,1-2H3;1H. The summed E-state index contributed by atoms with van der Waals surface area (Å²) in [6.07, 6.45) is 4.70. The van der Waals surface area contributed by atoms with Crippen molar-refractivity contribution in [3.05, 3.63) is 28.8 Å². The quantitative estimate of drug-likeness (QED) is 0.774. The van der Waals surface area contributed by atoms with Gasteiger partial charge in [-0.05, 0) is 44.0 Å². The zero-order chi connectivity index (χ0) is 14.3. The summed E-state index contributed by atoms with van der Waals surface area (Å²) in [4.78, 5) is 13.7. The molecule has 5 heteroatoms. The second-order valence-electron chi connectivity index (χ2n) is 4.84. The molecule has 0 aliphatic rings. The second kappa shape index (κ2) is 10.0. The topological polar surface area (TPSA) is 46.3 Å². The summed E-state index contributed by atoms with van der Waals surface area (Å²) in [7, 11) is 1.79. The molecule has 0 radical (unpaired) electrons. The van der Waals surface area contributed by atoms with Crippen molar-refractivity contribution in [2.45, 2.75) is 39.0 Å². The van der Waals surface area contributed by atoms with E-state index < -0.39 is 0 Å². The van der Waals surface area contributed by atoms with Crippen LogP contribution >= 0.6 is 24.0 Å². The van der Waals surface area contributed by atoms with Gasteiger partial charge in [-0.25, -0.2) is 0 Å². The third-order valence-electron chi connectivity index (χ3n) is 3.26. The van der Waals surface area contributed by atoms with Gasteiger partial charge in [0.1, 0.15) is 0 Å². The van der Waals surface area contributed by atoms with Gasteiger partial charge in [0, 0.05) is 24.2 Å². The van der Waals surface area contributed by atoms with E-state index >= 15 is 0 Å². The highest BCUT2D eigenvalue weighted by atomic mass is 35.5.